The summed E-state index contributed by atoms with van der Waals surface area (Å²) < 4.78 is 45.5. The Morgan fingerprint density at radius 1 is 0.351 bits per heavy atom. The molecular formula is C38H81Cl2O16P. The Morgan fingerprint density at radius 2 is 0.509 bits per heavy atom. The fourth-order valence-electron chi connectivity index (χ4n) is 3.84. The van der Waals surface area contributed by atoms with Gasteiger partial charge in [-0.05, 0) is 116 Å². The Labute approximate surface area is 353 Å². The maximum atomic E-state index is 9.85. The molecule has 0 spiro atoms. The van der Waals surface area contributed by atoms with Crippen LogP contribution in [0.5, 0.6) is 0 Å². The smallest absolute Gasteiger partial charge is 0.410 e. The number of rotatable bonds is 41. The standard InChI is InChI=1S/3C12H26O4.C2H3Cl2O4P/c3*13-7-1-3-9-15-11-5-6-12-16-10-4-2-8-14;3-2(4)1-8-9(5,6)7/h3*13-14H,1-12H2;1H,(H2,5,6,7). The van der Waals surface area contributed by atoms with Gasteiger partial charge in [-0.3, -0.25) is 9.79 Å². The van der Waals surface area contributed by atoms with Gasteiger partial charge in [0.05, 0.1) is 0 Å². The van der Waals surface area contributed by atoms with Crippen LogP contribution in [-0.4, -0.2) is 159 Å². The first-order valence-corrected chi connectivity index (χ1v) is 22.8. The molecule has 16 nitrogen and oxygen atoms in total. The van der Waals surface area contributed by atoms with Crippen molar-refractivity contribution in [2.75, 3.05) is 119 Å². The van der Waals surface area contributed by atoms with E-state index in [4.69, 9.17) is 92.0 Å². The fourth-order valence-corrected chi connectivity index (χ4v) is 4.30. The van der Waals surface area contributed by atoms with E-state index >= 15 is 0 Å². The lowest BCUT2D eigenvalue weighted by Crippen LogP contribution is -2.02. The zero-order valence-electron chi connectivity index (χ0n) is 34.6. The first-order chi connectivity index (χ1) is 27.7. The van der Waals surface area contributed by atoms with E-state index in [0.29, 0.717) is 6.26 Å². The van der Waals surface area contributed by atoms with Crippen molar-refractivity contribution in [2.45, 2.75) is 116 Å². The molecule has 0 aromatic carbocycles. The molecule has 0 aromatic heterocycles. The van der Waals surface area contributed by atoms with Crippen LogP contribution < -0.4 is 0 Å². The zero-order valence-corrected chi connectivity index (χ0v) is 37.0. The summed E-state index contributed by atoms with van der Waals surface area (Å²) in [7, 11) is -4.46. The molecule has 0 aliphatic heterocycles. The van der Waals surface area contributed by atoms with Crippen molar-refractivity contribution < 1.29 is 77.9 Å². The number of halogens is 2. The van der Waals surface area contributed by atoms with Crippen molar-refractivity contribution in [3.8, 4) is 0 Å². The van der Waals surface area contributed by atoms with Gasteiger partial charge < -0.3 is 63.6 Å². The van der Waals surface area contributed by atoms with E-state index in [0.717, 1.165) is 195 Å². The minimum Gasteiger partial charge on any atom is -0.410 e. The summed E-state index contributed by atoms with van der Waals surface area (Å²) in [6.07, 6.45) is 17.3. The molecule has 0 aliphatic carbocycles. The van der Waals surface area contributed by atoms with Crippen molar-refractivity contribution in [1.82, 2.24) is 0 Å². The largest absolute Gasteiger partial charge is 0.524 e. The van der Waals surface area contributed by atoms with Crippen molar-refractivity contribution in [2.24, 2.45) is 0 Å². The third-order valence-corrected chi connectivity index (χ3v) is 7.50. The van der Waals surface area contributed by atoms with Gasteiger partial charge in [0.1, 0.15) is 10.8 Å². The predicted molar refractivity (Wildman–Crippen MR) is 223 cm³/mol. The normalized spacial score (nSPS) is 10.8. The molecule has 0 amide bonds. The third-order valence-electron chi connectivity index (χ3n) is 6.94. The second kappa shape index (κ2) is 60.1. The van der Waals surface area contributed by atoms with Gasteiger partial charge in [-0.15, -0.1) is 0 Å². The number of aliphatic hydroxyl groups is 6. The molecule has 0 unspecified atom stereocenters. The van der Waals surface area contributed by atoms with Crippen molar-refractivity contribution >= 4 is 31.0 Å². The summed E-state index contributed by atoms with van der Waals surface area (Å²) in [5.41, 5.74) is 0. The van der Waals surface area contributed by atoms with Crippen molar-refractivity contribution in [3.63, 3.8) is 0 Å². The van der Waals surface area contributed by atoms with Gasteiger partial charge in [-0.1, -0.05) is 23.2 Å². The van der Waals surface area contributed by atoms with E-state index in [9.17, 15) is 4.57 Å². The first kappa shape index (κ1) is 63.4. The van der Waals surface area contributed by atoms with Crippen LogP contribution in [0.4, 0.5) is 0 Å². The van der Waals surface area contributed by atoms with Gasteiger partial charge in [0.15, 0.2) is 0 Å². The highest BCUT2D eigenvalue weighted by molar-refractivity contribution is 7.46. The zero-order chi connectivity index (χ0) is 43.2. The molecule has 0 radical (unpaired) electrons. The van der Waals surface area contributed by atoms with Gasteiger partial charge in [-0.25, -0.2) is 4.57 Å². The lowest BCUT2D eigenvalue weighted by Gasteiger charge is -2.05. The number of hydrogen-bond acceptors (Lipinski definition) is 14. The molecule has 19 heteroatoms. The summed E-state index contributed by atoms with van der Waals surface area (Å²) in [6, 6.07) is 0. The molecule has 0 atom stereocenters. The van der Waals surface area contributed by atoms with Gasteiger partial charge in [0.2, 0.25) is 0 Å². The van der Waals surface area contributed by atoms with Crippen LogP contribution in [0.2, 0.25) is 0 Å². The summed E-state index contributed by atoms with van der Waals surface area (Å²) in [4.78, 5) is 16.0. The van der Waals surface area contributed by atoms with Crippen molar-refractivity contribution in [1.29, 1.82) is 0 Å². The Hall–Kier alpha value is -0.210. The van der Waals surface area contributed by atoms with Crippen LogP contribution in [0.15, 0.2) is 10.8 Å². The number of hydrogen-bond donors (Lipinski definition) is 8. The maximum Gasteiger partial charge on any atom is 0.524 e. The predicted octanol–water partition coefficient (Wildman–Crippen LogP) is 5.41. The van der Waals surface area contributed by atoms with Crippen LogP contribution >= 0.6 is 31.0 Å². The molecule has 0 bridgehead atoms. The van der Waals surface area contributed by atoms with Gasteiger partial charge >= 0.3 is 7.82 Å². The number of phosphoric ester groups is 1. The number of aliphatic hydroxyl groups excluding tert-OH is 6. The lowest BCUT2D eigenvalue weighted by atomic mass is 10.3. The topological polar surface area (TPSA) is 244 Å². The first-order valence-electron chi connectivity index (χ1n) is 20.5. The quantitative estimate of drug-likeness (QED) is 0.0217. The van der Waals surface area contributed by atoms with E-state index in [1.165, 1.54) is 0 Å². The van der Waals surface area contributed by atoms with Gasteiger partial charge in [0, 0.05) is 119 Å². The van der Waals surface area contributed by atoms with E-state index in [1.807, 2.05) is 0 Å². The molecular weight excluding hydrogens is 814 g/mol. The average molecular weight is 896 g/mol. The molecule has 0 saturated carbocycles. The van der Waals surface area contributed by atoms with Crippen LogP contribution in [0.3, 0.4) is 0 Å². The van der Waals surface area contributed by atoms with Crippen LogP contribution in [0.1, 0.15) is 116 Å². The highest BCUT2D eigenvalue weighted by Gasteiger charge is 2.11. The maximum absolute atomic E-state index is 9.85. The fraction of sp³-hybridized carbons (Fsp3) is 0.947. The highest BCUT2D eigenvalue weighted by atomic mass is 35.5. The van der Waals surface area contributed by atoms with E-state index in [1.54, 1.807) is 0 Å². The molecule has 57 heavy (non-hydrogen) atoms. The Balaban J connectivity index is -0.000000335. The summed E-state index contributed by atoms with van der Waals surface area (Å²) in [5, 5.41) is 51.2. The van der Waals surface area contributed by atoms with E-state index < -0.39 is 7.82 Å². The summed E-state index contributed by atoms with van der Waals surface area (Å²) in [6.45, 7) is 10.7. The number of phosphoric acid groups is 1. The second-order valence-corrected chi connectivity index (χ2v) is 14.6. The summed E-state index contributed by atoms with van der Waals surface area (Å²) >= 11 is 9.88. The molecule has 8 N–H and O–H groups in total. The molecule has 0 aromatic rings. The van der Waals surface area contributed by atoms with Gasteiger partial charge in [0.25, 0.3) is 0 Å². The highest BCUT2D eigenvalue weighted by Crippen LogP contribution is 2.36. The molecule has 0 heterocycles. The van der Waals surface area contributed by atoms with Crippen molar-refractivity contribution in [3.05, 3.63) is 10.8 Å². The molecule has 0 fully saturated rings. The average Bonchev–Trinajstić information content (AvgIpc) is 3.19. The Morgan fingerprint density at radius 3 is 0.614 bits per heavy atom. The third kappa shape index (κ3) is 80.5. The second-order valence-electron chi connectivity index (χ2n) is 12.4. The minimum atomic E-state index is -4.46. The molecule has 0 aliphatic rings. The monoisotopic (exact) mass is 894 g/mol. The summed E-state index contributed by atoms with van der Waals surface area (Å²) in [5.74, 6) is 0. The Bertz CT molecular complexity index is 660. The minimum absolute atomic E-state index is 0.255. The molecule has 348 valence electrons. The molecule has 0 saturated heterocycles. The van der Waals surface area contributed by atoms with Gasteiger partial charge in [-0.2, -0.15) is 0 Å². The van der Waals surface area contributed by atoms with Crippen LogP contribution in [-0.2, 0) is 37.5 Å². The number of unbranched alkanes of at least 4 members (excludes halogenated alkanes) is 9. The molecule has 0 rings (SSSR count). The van der Waals surface area contributed by atoms with E-state index in [2.05, 4.69) is 4.52 Å². The number of ether oxygens (including phenoxy) is 6. The van der Waals surface area contributed by atoms with Crippen LogP contribution in [0.25, 0.3) is 0 Å². The lowest BCUT2D eigenvalue weighted by molar-refractivity contribution is 0.0960. The Kier molecular flexibility index (Phi) is 66.9. The van der Waals surface area contributed by atoms with Crippen LogP contribution in [0, 0.1) is 0 Å². The SMILES string of the molecule is O=P(O)(O)OC=C(Cl)Cl.OCCCCOCCCCOCCCCO.OCCCCOCCCCOCCCCO.OCCCCOCCCCOCCCCO. The van der Waals surface area contributed by atoms with E-state index in [-0.39, 0.29) is 44.1 Å².